The number of likely N-dealkylation sites (tertiary alicyclic amines) is 1. The maximum absolute atomic E-state index is 11.4. The van der Waals surface area contributed by atoms with Crippen molar-refractivity contribution in [3.63, 3.8) is 0 Å². The molecule has 0 aromatic rings. The van der Waals surface area contributed by atoms with Gasteiger partial charge < -0.3 is 4.90 Å². The third-order valence-corrected chi connectivity index (χ3v) is 3.18. The van der Waals surface area contributed by atoms with Crippen LogP contribution in [-0.2, 0) is 4.79 Å². The van der Waals surface area contributed by atoms with Gasteiger partial charge in [-0.3, -0.25) is 4.79 Å². The summed E-state index contributed by atoms with van der Waals surface area (Å²) in [4.78, 5) is 13.5. The molecule has 0 bridgehead atoms. The Balaban J connectivity index is 2.52. The molecule has 1 atom stereocenters. The Labute approximate surface area is 82.4 Å². The first-order chi connectivity index (χ1) is 5.79. The summed E-state index contributed by atoms with van der Waals surface area (Å²) in [6.07, 6.45) is 4.25. The van der Waals surface area contributed by atoms with Crippen LogP contribution in [0.5, 0.6) is 0 Å². The number of piperidine rings is 1. The van der Waals surface area contributed by atoms with E-state index in [9.17, 15) is 4.79 Å². The van der Waals surface area contributed by atoms with Crippen LogP contribution < -0.4 is 0 Å². The van der Waals surface area contributed by atoms with Crippen molar-refractivity contribution in [3.05, 3.63) is 0 Å². The molecule has 1 aliphatic heterocycles. The van der Waals surface area contributed by atoms with E-state index >= 15 is 0 Å². The van der Waals surface area contributed by atoms with Crippen LogP contribution in [0, 0.1) is 0 Å². The Bertz CT molecular complexity index is 161. The van der Waals surface area contributed by atoms with Gasteiger partial charge in [-0.1, -0.05) is 22.9 Å². The Kier molecular flexibility index (Phi) is 4.06. The Morgan fingerprint density at radius 3 is 2.92 bits per heavy atom. The van der Waals surface area contributed by atoms with Gasteiger partial charge in [0.15, 0.2) is 0 Å². The van der Waals surface area contributed by atoms with Gasteiger partial charge in [-0.15, -0.1) is 0 Å². The van der Waals surface area contributed by atoms with E-state index in [-0.39, 0.29) is 0 Å². The van der Waals surface area contributed by atoms with E-state index in [1.54, 1.807) is 0 Å². The average molecular weight is 234 g/mol. The summed E-state index contributed by atoms with van der Waals surface area (Å²) in [5.74, 6) is 0.305. The van der Waals surface area contributed by atoms with Gasteiger partial charge in [0.2, 0.25) is 5.91 Å². The molecule has 3 heteroatoms. The summed E-state index contributed by atoms with van der Waals surface area (Å²) in [7, 11) is 0. The molecule has 1 amide bonds. The molecular formula is C9H16BrNO. The quantitative estimate of drug-likeness (QED) is 0.670. The summed E-state index contributed by atoms with van der Waals surface area (Å²) in [5, 5.41) is 0.929. The minimum Gasteiger partial charge on any atom is -0.339 e. The molecule has 0 aliphatic carbocycles. The number of hydrogen-bond acceptors (Lipinski definition) is 1. The maximum Gasteiger partial charge on any atom is 0.222 e. The zero-order valence-corrected chi connectivity index (χ0v) is 9.14. The first-order valence-electron chi connectivity index (χ1n) is 4.65. The molecule has 1 aliphatic rings. The van der Waals surface area contributed by atoms with Crippen molar-refractivity contribution >= 4 is 21.8 Å². The number of hydrogen-bond donors (Lipinski definition) is 0. The van der Waals surface area contributed by atoms with E-state index in [4.69, 9.17) is 0 Å². The fraction of sp³-hybridized carbons (Fsp3) is 0.889. The van der Waals surface area contributed by atoms with Crippen molar-refractivity contribution in [3.8, 4) is 0 Å². The molecule has 70 valence electrons. The van der Waals surface area contributed by atoms with Crippen LogP contribution in [0.15, 0.2) is 0 Å². The lowest BCUT2D eigenvalue weighted by atomic mass is 10.0. The monoisotopic (exact) mass is 233 g/mol. The predicted molar refractivity (Wildman–Crippen MR) is 53.4 cm³/mol. The number of carbonyl (C=O) groups is 1. The normalized spacial score (nSPS) is 24.2. The number of carbonyl (C=O) groups excluding carboxylic acids is 1. The molecule has 2 nitrogen and oxygen atoms in total. The Morgan fingerprint density at radius 1 is 1.58 bits per heavy atom. The zero-order chi connectivity index (χ0) is 8.97. The van der Waals surface area contributed by atoms with Crippen molar-refractivity contribution in [1.29, 1.82) is 0 Å². The average Bonchev–Trinajstić information content (AvgIpc) is 2.16. The topological polar surface area (TPSA) is 20.3 Å². The molecule has 1 saturated heterocycles. The van der Waals surface area contributed by atoms with Gasteiger partial charge in [-0.05, 0) is 19.3 Å². The van der Waals surface area contributed by atoms with Crippen LogP contribution in [0.25, 0.3) is 0 Å². The van der Waals surface area contributed by atoms with Gasteiger partial charge in [-0.2, -0.15) is 0 Å². The second-order valence-electron chi connectivity index (χ2n) is 3.24. The number of amides is 1. The molecule has 1 heterocycles. The van der Waals surface area contributed by atoms with Crippen LogP contribution in [0.1, 0.15) is 32.6 Å². The zero-order valence-electron chi connectivity index (χ0n) is 7.55. The van der Waals surface area contributed by atoms with Gasteiger partial charge in [0.05, 0.1) is 0 Å². The molecule has 1 fully saturated rings. The summed E-state index contributed by atoms with van der Waals surface area (Å²) in [6.45, 7) is 2.89. The first-order valence-corrected chi connectivity index (χ1v) is 5.77. The highest BCUT2D eigenvalue weighted by atomic mass is 79.9. The standard InChI is InChI=1S/C9H16BrNO/c1-2-9(12)11-6-4-3-5-8(11)7-10/h8H,2-7H2,1H3. The molecule has 0 aromatic carbocycles. The van der Waals surface area contributed by atoms with Crippen LogP contribution in [0.3, 0.4) is 0 Å². The van der Waals surface area contributed by atoms with E-state index in [1.807, 2.05) is 11.8 Å². The third-order valence-electron chi connectivity index (χ3n) is 2.43. The van der Waals surface area contributed by atoms with E-state index < -0.39 is 0 Å². The minimum atomic E-state index is 0.305. The second kappa shape index (κ2) is 4.85. The van der Waals surface area contributed by atoms with E-state index in [0.717, 1.165) is 18.3 Å². The number of rotatable bonds is 2. The van der Waals surface area contributed by atoms with Crippen molar-refractivity contribution in [2.24, 2.45) is 0 Å². The van der Waals surface area contributed by atoms with Crippen LogP contribution >= 0.6 is 15.9 Å². The van der Waals surface area contributed by atoms with Gasteiger partial charge in [0, 0.05) is 24.3 Å². The highest BCUT2D eigenvalue weighted by Crippen LogP contribution is 2.19. The molecule has 0 N–H and O–H groups in total. The van der Waals surface area contributed by atoms with Crippen molar-refractivity contribution in [1.82, 2.24) is 4.90 Å². The number of halogens is 1. The predicted octanol–water partition coefficient (Wildman–Crippen LogP) is 2.17. The van der Waals surface area contributed by atoms with Crippen LogP contribution in [-0.4, -0.2) is 28.7 Å². The van der Waals surface area contributed by atoms with Gasteiger partial charge in [0.1, 0.15) is 0 Å². The molecule has 0 saturated carbocycles. The minimum absolute atomic E-state index is 0.305. The molecule has 12 heavy (non-hydrogen) atoms. The Morgan fingerprint density at radius 2 is 2.33 bits per heavy atom. The highest BCUT2D eigenvalue weighted by molar-refractivity contribution is 9.09. The van der Waals surface area contributed by atoms with Crippen molar-refractivity contribution in [2.45, 2.75) is 38.6 Å². The fourth-order valence-electron chi connectivity index (χ4n) is 1.69. The molecule has 0 spiro atoms. The molecule has 0 radical (unpaired) electrons. The summed E-state index contributed by atoms with van der Waals surface area (Å²) in [5.41, 5.74) is 0. The molecule has 1 rings (SSSR count). The number of nitrogens with zero attached hydrogens (tertiary/aromatic N) is 1. The first kappa shape index (κ1) is 10.0. The molecular weight excluding hydrogens is 218 g/mol. The summed E-state index contributed by atoms with van der Waals surface area (Å²) < 4.78 is 0. The van der Waals surface area contributed by atoms with Gasteiger partial charge >= 0.3 is 0 Å². The lowest BCUT2D eigenvalue weighted by Gasteiger charge is -2.34. The third kappa shape index (κ3) is 2.22. The summed E-state index contributed by atoms with van der Waals surface area (Å²) >= 11 is 3.45. The molecule has 1 unspecified atom stereocenters. The largest absolute Gasteiger partial charge is 0.339 e. The van der Waals surface area contributed by atoms with Crippen LogP contribution in [0.2, 0.25) is 0 Å². The Hall–Kier alpha value is -0.0500. The van der Waals surface area contributed by atoms with E-state index in [1.165, 1.54) is 12.8 Å². The summed E-state index contributed by atoms with van der Waals surface area (Å²) in [6, 6.07) is 0.450. The number of alkyl halides is 1. The molecule has 0 aromatic heterocycles. The van der Waals surface area contributed by atoms with E-state index in [2.05, 4.69) is 15.9 Å². The smallest absolute Gasteiger partial charge is 0.222 e. The van der Waals surface area contributed by atoms with Gasteiger partial charge in [0.25, 0.3) is 0 Å². The van der Waals surface area contributed by atoms with E-state index in [0.29, 0.717) is 18.4 Å². The second-order valence-corrected chi connectivity index (χ2v) is 3.89. The SMILES string of the molecule is CCC(=O)N1CCCCC1CBr. The van der Waals surface area contributed by atoms with Crippen molar-refractivity contribution in [2.75, 3.05) is 11.9 Å². The highest BCUT2D eigenvalue weighted by Gasteiger charge is 2.24. The fourth-order valence-corrected chi connectivity index (χ4v) is 2.37. The van der Waals surface area contributed by atoms with Crippen molar-refractivity contribution < 1.29 is 4.79 Å². The lowest BCUT2D eigenvalue weighted by Crippen LogP contribution is -2.44. The van der Waals surface area contributed by atoms with Crippen LogP contribution in [0.4, 0.5) is 0 Å². The maximum atomic E-state index is 11.4. The lowest BCUT2D eigenvalue weighted by molar-refractivity contribution is -0.133. The van der Waals surface area contributed by atoms with Gasteiger partial charge in [-0.25, -0.2) is 0 Å².